The van der Waals surface area contributed by atoms with Crippen LogP contribution in [0.1, 0.15) is 83.9 Å². The molecule has 3 aromatic rings. The standard InChI is InChI=1S/C30H32F5N5O/c1-28(7-4-8-28)36-15-18-9-22-23(24(10-18)30(33,34)35)16-40(26(22)41)21-6-3-5-20(12-21)29(27-38-37-17-39(27)2)13-19(14-29)11-25(31)32/h3,5-6,9-10,12,17,19,25,36H,4,7-8,11,13-16H2,1-2H3. The van der Waals surface area contributed by atoms with E-state index < -0.39 is 29.5 Å². The Morgan fingerprint density at radius 1 is 1.15 bits per heavy atom. The maximum atomic E-state index is 14.2. The van der Waals surface area contributed by atoms with Gasteiger partial charge >= 0.3 is 6.18 Å². The second kappa shape index (κ2) is 9.89. The summed E-state index contributed by atoms with van der Waals surface area (Å²) in [5.74, 6) is -0.0549. The van der Waals surface area contributed by atoms with E-state index in [0.29, 0.717) is 29.9 Å². The van der Waals surface area contributed by atoms with Crippen molar-refractivity contribution in [2.75, 3.05) is 4.90 Å². The number of amides is 1. The summed E-state index contributed by atoms with van der Waals surface area (Å²) in [4.78, 5) is 15.0. The number of nitrogens with zero attached hydrogens (tertiary/aromatic N) is 4. The second-order valence-corrected chi connectivity index (χ2v) is 12.1. The molecule has 6 nitrogen and oxygen atoms in total. The molecule has 218 valence electrons. The maximum Gasteiger partial charge on any atom is 0.416 e. The molecule has 2 fully saturated rings. The summed E-state index contributed by atoms with van der Waals surface area (Å²) >= 11 is 0. The van der Waals surface area contributed by atoms with Crippen molar-refractivity contribution in [3.63, 3.8) is 0 Å². The van der Waals surface area contributed by atoms with Crippen molar-refractivity contribution < 1.29 is 26.7 Å². The molecule has 41 heavy (non-hydrogen) atoms. The molecule has 0 saturated heterocycles. The maximum absolute atomic E-state index is 14.2. The molecule has 3 aliphatic rings. The van der Waals surface area contributed by atoms with Crippen LogP contribution >= 0.6 is 0 Å². The minimum Gasteiger partial charge on any atom is -0.320 e. The molecule has 2 heterocycles. The minimum absolute atomic E-state index is 0.0323. The number of nitrogens with one attached hydrogen (secondary N) is 1. The molecule has 1 aliphatic heterocycles. The molecule has 2 aliphatic carbocycles. The first-order chi connectivity index (χ1) is 19.4. The Bertz CT molecular complexity index is 1470. The molecule has 0 unspecified atom stereocenters. The van der Waals surface area contributed by atoms with Gasteiger partial charge < -0.3 is 14.8 Å². The van der Waals surface area contributed by atoms with Gasteiger partial charge in [0.05, 0.1) is 17.5 Å². The van der Waals surface area contributed by atoms with Crippen LogP contribution in [0.5, 0.6) is 0 Å². The van der Waals surface area contributed by atoms with Gasteiger partial charge in [0.15, 0.2) is 0 Å². The number of carbonyl (C=O) groups excluding carboxylic acids is 1. The highest BCUT2D eigenvalue weighted by Crippen LogP contribution is 2.54. The summed E-state index contributed by atoms with van der Waals surface area (Å²) in [5.41, 5.74) is 0.120. The van der Waals surface area contributed by atoms with Gasteiger partial charge in [-0.15, -0.1) is 10.2 Å². The average Bonchev–Trinajstić information content (AvgIpc) is 3.45. The highest BCUT2D eigenvalue weighted by atomic mass is 19.4. The van der Waals surface area contributed by atoms with Crippen LogP contribution in [0.3, 0.4) is 0 Å². The largest absolute Gasteiger partial charge is 0.416 e. The summed E-state index contributed by atoms with van der Waals surface area (Å²) in [6, 6.07) is 9.81. The third kappa shape index (κ3) is 4.91. The highest BCUT2D eigenvalue weighted by molar-refractivity contribution is 6.10. The molecular formula is C30H32F5N5O. The summed E-state index contributed by atoms with van der Waals surface area (Å²) in [6.07, 6.45) is -1.79. The third-order valence-corrected chi connectivity index (χ3v) is 9.22. The van der Waals surface area contributed by atoms with Gasteiger partial charge in [0.25, 0.3) is 5.91 Å². The molecule has 1 amide bonds. The van der Waals surface area contributed by atoms with E-state index in [1.165, 1.54) is 4.90 Å². The molecule has 0 spiro atoms. The van der Waals surface area contributed by atoms with Gasteiger partial charge in [-0.25, -0.2) is 8.78 Å². The first kappa shape index (κ1) is 27.8. The van der Waals surface area contributed by atoms with Gasteiger partial charge in [0.1, 0.15) is 12.2 Å². The Morgan fingerprint density at radius 2 is 1.90 bits per heavy atom. The number of hydrogen-bond donors (Lipinski definition) is 1. The van der Waals surface area contributed by atoms with Gasteiger partial charge in [-0.2, -0.15) is 13.2 Å². The summed E-state index contributed by atoms with van der Waals surface area (Å²) in [7, 11) is 1.79. The predicted molar refractivity (Wildman–Crippen MR) is 143 cm³/mol. The van der Waals surface area contributed by atoms with E-state index >= 15 is 0 Å². The van der Waals surface area contributed by atoms with Crippen molar-refractivity contribution in [2.24, 2.45) is 13.0 Å². The SMILES string of the molecule is Cn1cnnc1C1(c2cccc(N3Cc4c(cc(CNC5(C)CCC5)cc4C(F)(F)F)C3=O)c2)CC(CC(F)F)C1. The van der Waals surface area contributed by atoms with Crippen molar-refractivity contribution >= 4 is 11.6 Å². The zero-order valence-corrected chi connectivity index (χ0v) is 22.9. The number of halogens is 5. The molecule has 1 N–H and O–H groups in total. The van der Waals surface area contributed by atoms with E-state index in [0.717, 1.165) is 30.9 Å². The third-order valence-electron chi connectivity index (χ3n) is 9.22. The number of carbonyl (C=O) groups is 1. The van der Waals surface area contributed by atoms with E-state index in [4.69, 9.17) is 0 Å². The topological polar surface area (TPSA) is 63.1 Å². The van der Waals surface area contributed by atoms with Gasteiger partial charge in [-0.05, 0) is 85.9 Å². The number of benzene rings is 2. The van der Waals surface area contributed by atoms with Crippen LogP contribution in [0.2, 0.25) is 0 Å². The van der Waals surface area contributed by atoms with Gasteiger partial charge in [-0.3, -0.25) is 4.79 Å². The number of hydrogen-bond acceptors (Lipinski definition) is 4. The van der Waals surface area contributed by atoms with Crippen LogP contribution in [0.15, 0.2) is 42.7 Å². The smallest absolute Gasteiger partial charge is 0.320 e. The van der Waals surface area contributed by atoms with Crippen LogP contribution in [-0.4, -0.2) is 32.6 Å². The number of aromatic nitrogens is 3. The van der Waals surface area contributed by atoms with Crippen molar-refractivity contribution in [3.05, 3.63) is 76.4 Å². The molecule has 6 rings (SSSR count). The van der Waals surface area contributed by atoms with Crippen LogP contribution < -0.4 is 10.2 Å². The summed E-state index contributed by atoms with van der Waals surface area (Å²) in [5, 5.41) is 11.6. The van der Waals surface area contributed by atoms with Crippen molar-refractivity contribution in [1.82, 2.24) is 20.1 Å². The van der Waals surface area contributed by atoms with Crippen LogP contribution in [0.25, 0.3) is 0 Å². The first-order valence-electron chi connectivity index (χ1n) is 13.9. The van der Waals surface area contributed by atoms with Crippen molar-refractivity contribution in [1.29, 1.82) is 0 Å². The summed E-state index contributed by atoms with van der Waals surface area (Å²) < 4.78 is 70.7. The Morgan fingerprint density at radius 3 is 2.51 bits per heavy atom. The molecule has 2 saturated carbocycles. The number of fused-ring (bicyclic) bond motifs is 1. The molecule has 2 aromatic carbocycles. The first-order valence-corrected chi connectivity index (χ1v) is 13.9. The number of alkyl halides is 5. The molecule has 0 radical (unpaired) electrons. The van der Waals surface area contributed by atoms with Crippen LogP contribution in [0, 0.1) is 5.92 Å². The average molecular weight is 574 g/mol. The number of anilines is 1. The zero-order chi connectivity index (χ0) is 29.2. The zero-order valence-electron chi connectivity index (χ0n) is 22.9. The van der Waals surface area contributed by atoms with Crippen molar-refractivity contribution in [3.8, 4) is 0 Å². The fraction of sp³-hybridized carbons (Fsp3) is 0.500. The van der Waals surface area contributed by atoms with E-state index in [-0.39, 0.29) is 42.1 Å². The molecular weight excluding hydrogens is 541 g/mol. The lowest BCUT2D eigenvalue weighted by Crippen LogP contribution is -2.47. The Kier molecular flexibility index (Phi) is 6.71. The Balaban J connectivity index is 1.32. The van der Waals surface area contributed by atoms with E-state index in [1.807, 2.05) is 6.07 Å². The fourth-order valence-electron chi connectivity index (χ4n) is 6.81. The Hall–Kier alpha value is -3.34. The molecule has 0 atom stereocenters. The molecule has 11 heteroatoms. The van der Waals surface area contributed by atoms with Gasteiger partial charge in [-0.1, -0.05) is 12.1 Å². The van der Waals surface area contributed by atoms with Crippen molar-refractivity contribution in [2.45, 2.75) is 82.1 Å². The quantitative estimate of drug-likeness (QED) is 0.318. The molecule has 1 aromatic heterocycles. The predicted octanol–water partition coefficient (Wildman–Crippen LogP) is 6.38. The number of aryl methyl sites for hydroxylation is 1. The fourth-order valence-corrected chi connectivity index (χ4v) is 6.81. The summed E-state index contributed by atoms with van der Waals surface area (Å²) in [6.45, 7) is 2.10. The minimum atomic E-state index is -4.61. The monoisotopic (exact) mass is 573 g/mol. The second-order valence-electron chi connectivity index (χ2n) is 12.1. The van der Waals surface area contributed by atoms with Gasteiger partial charge in [0.2, 0.25) is 6.43 Å². The van der Waals surface area contributed by atoms with Crippen LogP contribution in [-0.2, 0) is 31.7 Å². The lowest BCUT2D eigenvalue weighted by molar-refractivity contribution is -0.138. The van der Waals surface area contributed by atoms with Gasteiger partial charge in [0, 0.05) is 36.8 Å². The lowest BCUT2D eigenvalue weighted by Gasteiger charge is -2.47. The lowest BCUT2D eigenvalue weighted by atomic mass is 9.57. The Labute approximate surface area is 234 Å². The van der Waals surface area contributed by atoms with E-state index in [9.17, 15) is 26.7 Å². The normalized spacial score (nSPS) is 23.5. The number of rotatable bonds is 8. The van der Waals surface area contributed by atoms with E-state index in [1.54, 1.807) is 42.2 Å². The highest BCUT2D eigenvalue weighted by Gasteiger charge is 2.50. The van der Waals surface area contributed by atoms with Crippen LogP contribution in [0.4, 0.5) is 27.6 Å². The van der Waals surface area contributed by atoms with E-state index in [2.05, 4.69) is 22.4 Å². The molecule has 0 bridgehead atoms.